The smallest absolute Gasteiger partial charge is 0.271 e. The molecule has 0 bridgehead atoms. The largest absolute Gasteiger partial charge is 0.354 e. The summed E-state index contributed by atoms with van der Waals surface area (Å²) in [4.78, 5) is 27.8. The van der Waals surface area contributed by atoms with Crippen LogP contribution in [0.3, 0.4) is 0 Å². The zero-order chi connectivity index (χ0) is 15.0. The van der Waals surface area contributed by atoms with Gasteiger partial charge < -0.3 is 15.1 Å². The van der Waals surface area contributed by atoms with E-state index in [-0.39, 0.29) is 29.6 Å². The van der Waals surface area contributed by atoms with E-state index in [2.05, 4.69) is 15.5 Å². The number of nitrogens with one attached hydrogen (secondary N) is 1. The molecule has 0 saturated carbocycles. The first-order valence-corrected chi connectivity index (χ1v) is 7.24. The SMILES string of the molecule is CNC(=O)c1ccc(N2C[C@H]3CCCN3C(=O)[C@H]2C)nn1. The number of piperazine rings is 1. The standard InChI is InChI=1S/C14H19N5O2/c1-9-14(21)18-7-3-4-10(18)8-19(9)12-6-5-11(16-17-12)13(20)15-2/h5-6,9-10H,3-4,7-8H2,1-2H3,(H,15,20)/t9-,10-/m1/s1. The second-order valence-electron chi connectivity index (χ2n) is 5.51. The van der Waals surface area contributed by atoms with Gasteiger partial charge in [-0.25, -0.2) is 0 Å². The minimum absolute atomic E-state index is 0.154. The maximum atomic E-state index is 12.4. The van der Waals surface area contributed by atoms with Gasteiger partial charge >= 0.3 is 0 Å². The molecule has 112 valence electrons. The van der Waals surface area contributed by atoms with Gasteiger partial charge in [0.1, 0.15) is 6.04 Å². The van der Waals surface area contributed by atoms with Crippen LogP contribution in [0.2, 0.25) is 0 Å². The summed E-state index contributed by atoms with van der Waals surface area (Å²) in [6.07, 6.45) is 2.11. The van der Waals surface area contributed by atoms with Gasteiger partial charge in [-0.05, 0) is 31.9 Å². The normalized spacial score (nSPS) is 25.0. The molecule has 21 heavy (non-hydrogen) atoms. The number of rotatable bonds is 2. The van der Waals surface area contributed by atoms with Crippen molar-refractivity contribution in [3.05, 3.63) is 17.8 Å². The summed E-state index contributed by atoms with van der Waals surface area (Å²) in [5, 5.41) is 10.6. The van der Waals surface area contributed by atoms with Gasteiger partial charge in [0.2, 0.25) is 5.91 Å². The quantitative estimate of drug-likeness (QED) is 0.831. The molecule has 3 rings (SSSR count). The number of aromatic nitrogens is 2. The van der Waals surface area contributed by atoms with Crippen molar-refractivity contribution in [1.82, 2.24) is 20.4 Å². The number of hydrogen-bond acceptors (Lipinski definition) is 5. The third-order valence-corrected chi connectivity index (χ3v) is 4.30. The Morgan fingerprint density at radius 2 is 2.14 bits per heavy atom. The first-order chi connectivity index (χ1) is 10.1. The van der Waals surface area contributed by atoms with Crippen molar-refractivity contribution < 1.29 is 9.59 Å². The number of hydrogen-bond donors (Lipinski definition) is 1. The third kappa shape index (κ3) is 2.32. The van der Waals surface area contributed by atoms with E-state index in [1.165, 1.54) is 0 Å². The number of fused-ring (bicyclic) bond motifs is 1. The molecule has 2 amide bonds. The first kappa shape index (κ1) is 13.8. The van der Waals surface area contributed by atoms with E-state index in [0.29, 0.717) is 5.82 Å². The summed E-state index contributed by atoms with van der Waals surface area (Å²) in [7, 11) is 1.55. The van der Waals surface area contributed by atoms with Crippen molar-refractivity contribution in [2.75, 3.05) is 25.0 Å². The zero-order valence-corrected chi connectivity index (χ0v) is 12.2. The highest BCUT2D eigenvalue weighted by Gasteiger charge is 2.40. The van der Waals surface area contributed by atoms with Crippen molar-refractivity contribution in [2.45, 2.75) is 31.8 Å². The second-order valence-corrected chi connectivity index (χ2v) is 5.51. The minimum Gasteiger partial charge on any atom is -0.354 e. The van der Waals surface area contributed by atoms with Crippen molar-refractivity contribution >= 4 is 17.6 Å². The zero-order valence-electron chi connectivity index (χ0n) is 12.2. The van der Waals surface area contributed by atoms with Gasteiger partial charge in [-0.3, -0.25) is 9.59 Å². The van der Waals surface area contributed by atoms with E-state index in [1.807, 2.05) is 16.7 Å². The summed E-state index contributed by atoms with van der Waals surface area (Å²) in [5.74, 6) is 0.537. The molecule has 2 saturated heterocycles. The van der Waals surface area contributed by atoms with Crippen LogP contribution in [-0.2, 0) is 4.79 Å². The fraction of sp³-hybridized carbons (Fsp3) is 0.571. The van der Waals surface area contributed by atoms with Gasteiger partial charge in [0, 0.05) is 26.2 Å². The average Bonchev–Trinajstić information content (AvgIpc) is 2.99. The molecule has 3 heterocycles. The number of nitrogens with zero attached hydrogens (tertiary/aromatic N) is 4. The summed E-state index contributed by atoms with van der Waals surface area (Å²) in [5.41, 5.74) is 0.278. The molecule has 1 aromatic heterocycles. The third-order valence-electron chi connectivity index (χ3n) is 4.30. The van der Waals surface area contributed by atoms with Gasteiger partial charge in [0.15, 0.2) is 11.5 Å². The Kier molecular flexibility index (Phi) is 3.48. The summed E-state index contributed by atoms with van der Waals surface area (Å²) in [6.45, 7) is 3.54. The van der Waals surface area contributed by atoms with Gasteiger partial charge in [-0.1, -0.05) is 0 Å². The van der Waals surface area contributed by atoms with Gasteiger partial charge in [0.25, 0.3) is 5.91 Å². The van der Waals surface area contributed by atoms with Crippen molar-refractivity contribution in [3.63, 3.8) is 0 Å². The van der Waals surface area contributed by atoms with Crippen LogP contribution in [0.1, 0.15) is 30.3 Å². The van der Waals surface area contributed by atoms with Crippen LogP contribution in [0.15, 0.2) is 12.1 Å². The fourth-order valence-electron chi connectivity index (χ4n) is 3.09. The molecule has 2 aliphatic rings. The number of anilines is 1. The molecular formula is C14H19N5O2. The molecule has 0 aromatic carbocycles. The maximum Gasteiger partial charge on any atom is 0.271 e. The second kappa shape index (κ2) is 5.31. The summed E-state index contributed by atoms with van der Waals surface area (Å²) < 4.78 is 0. The van der Waals surface area contributed by atoms with E-state index >= 15 is 0 Å². The Labute approximate surface area is 123 Å². The van der Waals surface area contributed by atoms with Gasteiger partial charge in [-0.2, -0.15) is 0 Å². The van der Waals surface area contributed by atoms with E-state index in [0.717, 1.165) is 25.9 Å². The van der Waals surface area contributed by atoms with Crippen LogP contribution in [0.25, 0.3) is 0 Å². The highest BCUT2D eigenvalue weighted by atomic mass is 16.2. The van der Waals surface area contributed by atoms with Crippen molar-refractivity contribution in [2.24, 2.45) is 0 Å². The van der Waals surface area contributed by atoms with Crippen LogP contribution in [-0.4, -0.2) is 59.1 Å². The number of carbonyl (C=O) groups excluding carboxylic acids is 2. The maximum absolute atomic E-state index is 12.4. The number of amides is 2. The van der Waals surface area contributed by atoms with Crippen LogP contribution in [0.4, 0.5) is 5.82 Å². The molecule has 0 radical (unpaired) electrons. The van der Waals surface area contributed by atoms with Crippen LogP contribution in [0, 0.1) is 0 Å². The molecule has 0 aliphatic carbocycles. The average molecular weight is 289 g/mol. The van der Waals surface area contributed by atoms with Gasteiger partial charge in [0.05, 0.1) is 0 Å². The molecule has 1 aromatic rings. The monoisotopic (exact) mass is 289 g/mol. The molecular weight excluding hydrogens is 270 g/mol. The molecule has 7 nitrogen and oxygen atoms in total. The Balaban J connectivity index is 1.82. The molecule has 2 fully saturated rings. The minimum atomic E-state index is -0.265. The van der Waals surface area contributed by atoms with E-state index in [4.69, 9.17) is 0 Å². The predicted molar refractivity (Wildman–Crippen MR) is 77.0 cm³/mol. The molecule has 2 aliphatic heterocycles. The van der Waals surface area contributed by atoms with Crippen molar-refractivity contribution in [1.29, 1.82) is 0 Å². The Hall–Kier alpha value is -2.18. The van der Waals surface area contributed by atoms with Crippen LogP contribution >= 0.6 is 0 Å². The molecule has 2 atom stereocenters. The fourth-order valence-corrected chi connectivity index (χ4v) is 3.09. The van der Waals surface area contributed by atoms with Gasteiger partial charge in [-0.15, -0.1) is 10.2 Å². The van der Waals surface area contributed by atoms with E-state index < -0.39 is 0 Å². The topological polar surface area (TPSA) is 78.4 Å². The Morgan fingerprint density at radius 3 is 2.81 bits per heavy atom. The summed E-state index contributed by atoms with van der Waals surface area (Å²) >= 11 is 0. The molecule has 0 spiro atoms. The van der Waals surface area contributed by atoms with Crippen molar-refractivity contribution in [3.8, 4) is 0 Å². The predicted octanol–water partition coefficient (Wildman–Crippen LogP) is 0.0357. The van der Waals surface area contributed by atoms with Crippen LogP contribution < -0.4 is 10.2 Å². The molecule has 0 unspecified atom stereocenters. The lowest BCUT2D eigenvalue weighted by molar-refractivity contribution is -0.134. The molecule has 1 N–H and O–H groups in total. The van der Waals surface area contributed by atoms with Crippen LogP contribution in [0.5, 0.6) is 0 Å². The first-order valence-electron chi connectivity index (χ1n) is 7.24. The molecule has 7 heteroatoms. The Bertz CT molecular complexity index is 559. The number of carbonyl (C=O) groups is 2. The lowest BCUT2D eigenvalue weighted by Gasteiger charge is -2.41. The Morgan fingerprint density at radius 1 is 1.33 bits per heavy atom. The lowest BCUT2D eigenvalue weighted by Crippen LogP contribution is -2.59. The highest BCUT2D eigenvalue weighted by molar-refractivity contribution is 5.92. The van der Waals surface area contributed by atoms with E-state index in [9.17, 15) is 9.59 Å². The highest BCUT2D eigenvalue weighted by Crippen LogP contribution is 2.28. The summed E-state index contributed by atoms with van der Waals surface area (Å²) in [6, 6.07) is 3.43. The van der Waals surface area contributed by atoms with E-state index in [1.54, 1.807) is 19.2 Å². The lowest BCUT2D eigenvalue weighted by atomic mass is 10.1.